The number of hydrogen-bond acceptors (Lipinski definition) is 5. The molecule has 0 aliphatic carbocycles. The molecular weight excluding hydrogens is 524 g/mol. The zero-order valence-electron chi connectivity index (χ0n) is 22.2. The van der Waals surface area contributed by atoms with Gasteiger partial charge in [-0.2, -0.15) is 5.10 Å². The van der Waals surface area contributed by atoms with E-state index < -0.39 is 11.5 Å². The summed E-state index contributed by atoms with van der Waals surface area (Å²) in [6.45, 7) is 6.45. The summed E-state index contributed by atoms with van der Waals surface area (Å²) in [6, 6.07) is 28.7. The predicted octanol–water partition coefficient (Wildman–Crippen LogP) is 6.43. The lowest BCUT2D eigenvalue weighted by molar-refractivity contribution is -0.136. The molecule has 0 bridgehead atoms. The number of aliphatic hydroxyl groups is 1. The Hall–Kier alpha value is -4.39. The molecular formula is C33H31ClN2O4. The third-order valence-corrected chi connectivity index (χ3v) is 6.61. The lowest BCUT2D eigenvalue weighted by Gasteiger charge is -2.27. The van der Waals surface area contributed by atoms with Crippen LogP contribution in [0.5, 0.6) is 11.5 Å². The fourth-order valence-electron chi connectivity index (χ4n) is 4.29. The molecule has 0 aliphatic heterocycles. The van der Waals surface area contributed by atoms with Gasteiger partial charge < -0.3 is 14.6 Å². The Kier molecular flexibility index (Phi) is 9.73. The Morgan fingerprint density at radius 2 is 1.57 bits per heavy atom. The molecule has 4 aromatic rings. The van der Waals surface area contributed by atoms with E-state index in [4.69, 9.17) is 21.1 Å². The van der Waals surface area contributed by atoms with Crippen molar-refractivity contribution in [2.45, 2.75) is 25.6 Å². The third kappa shape index (κ3) is 6.60. The number of nitrogens with one attached hydrogen (secondary N) is 1. The standard InChI is InChI=1S/C33H31ClN2O4/c1-3-13-25-20-24(21-30(39-4-2)31(25)40-23-26-14-11-12-19-29(26)34)22-35-36-32(37)33(38,27-15-7-5-8-16-27)28-17-9-6-10-18-28/h3,5-12,14-22,38H,1,4,13,23H2,2H3,(H,36,37)/b35-22-. The number of nitrogens with zero attached hydrogens (tertiary/aromatic N) is 1. The third-order valence-electron chi connectivity index (χ3n) is 6.24. The summed E-state index contributed by atoms with van der Waals surface area (Å²) in [6.07, 6.45) is 3.80. The van der Waals surface area contributed by atoms with Crippen LogP contribution < -0.4 is 14.9 Å². The molecule has 0 fully saturated rings. The molecule has 0 heterocycles. The number of hydrogen-bond donors (Lipinski definition) is 2. The molecule has 0 aromatic heterocycles. The molecule has 0 saturated carbocycles. The number of carbonyl (C=O) groups is 1. The molecule has 0 radical (unpaired) electrons. The molecule has 0 atom stereocenters. The second kappa shape index (κ2) is 13.6. The maximum absolute atomic E-state index is 13.4. The molecule has 204 valence electrons. The molecule has 6 nitrogen and oxygen atoms in total. The molecule has 7 heteroatoms. The zero-order valence-corrected chi connectivity index (χ0v) is 23.0. The fourth-order valence-corrected chi connectivity index (χ4v) is 4.48. The van der Waals surface area contributed by atoms with Gasteiger partial charge in [0.1, 0.15) is 6.61 Å². The largest absolute Gasteiger partial charge is 0.490 e. The second-order valence-electron chi connectivity index (χ2n) is 8.95. The Bertz CT molecular complexity index is 1430. The molecule has 2 N–H and O–H groups in total. The highest BCUT2D eigenvalue weighted by atomic mass is 35.5. The first-order valence-electron chi connectivity index (χ1n) is 12.9. The molecule has 0 unspecified atom stereocenters. The van der Waals surface area contributed by atoms with E-state index >= 15 is 0 Å². The van der Waals surface area contributed by atoms with Crippen molar-refractivity contribution in [2.75, 3.05) is 6.61 Å². The van der Waals surface area contributed by atoms with Crippen molar-refractivity contribution in [1.29, 1.82) is 0 Å². The first-order chi connectivity index (χ1) is 19.5. The van der Waals surface area contributed by atoms with Gasteiger partial charge in [0.15, 0.2) is 17.1 Å². The second-order valence-corrected chi connectivity index (χ2v) is 9.36. The van der Waals surface area contributed by atoms with Crippen LogP contribution in [-0.4, -0.2) is 23.8 Å². The van der Waals surface area contributed by atoms with Gasteiger partial charge in [-0.1, -0.05) is 96.5 Å². The number of amides is 1. The summed E-state index contributed by atoms with van der Waals surface area (Å²) in [7, 11) is 0. The minimum absolute atomic E-state index is 0.269. The normalized spacial score (nSPS) is 11.3. The monoisotopic (exact) mass is 554 g/mol. The van der Waals surface area contributed by atoms with E-state index in [0.29, 0.717) is 46.2 Å². The number of halogens is 1. The highest BCUT2D eigenvalue weighted by Crippen LogP contribution is 2.35. The van der Waals surface area contributed by atoms with Crippen molar-refractivity contribution < 1.29 is 19.4 Å². The van der Waals surface area contributed by atoms with E-state index in [0.717, 1.165) is 11.1 Å². The summed E-state index contributed by atoms with van der Waals surface area (Å²) in [5.41, 5.74) is 3.81. The summed E-state index contributed by atoms with van der Waals surface area (Å²) in [4.78, 5) is 13.4. The molecule has 40 heavy (non-hydrogen) atoms. The van der Waals surface area contributed by atoms with Crippen LogP contribution in [0.4, 0.5) is 0 Å². The van der Waals surface area contributed by atoms with Crippen LogP contribution in [0.1, 0.15) is 34.7 Å². The van der Waals surface area contributed by atoms with Gasteiger partial charge in [0.05, 0.1) is 12.8 Å². The number of carbonyl (C=O) groups excluding carboxylic acids is 1. The van der Waals surface area contributed by atoms with Gasteiger partial charge in [-0.05, 0) is 48.2 Å². The van der Waals surface area contributed by atoms with Gasteiger partial charge in [-0.15, -0.1) is 6.58 Å². The average molecular weight is 555 g/mol. The van der Waals surface area contributed by atoms with Gasteiger partial charge in [0.2, 0.25) is 0 Å². The van der Waals surface area contributed by atoms with Crippen molar-refractivity contribution >= 4 is 23.7 Å². The van der Waals surface area contributed by atoms with Crippen LogP contribution in [0.25, 0.3) is 0 Å². The van der Waals surface area contributed by atoms with Gasteiger partial charge in [0, 0.05) is 16.1 Å². The van der Waals surface area contributed by atoms with Crippen molar-refractivity contribution in [3.8, 4) is 11.5 Å². The van der Waals surface area contributed by atoms with E-state index in [1.807, 2.05) is 49.4 Å². The van der Waals surface area contributed by atoms with Gasteiger partial charge in [-0.3, -0.25) is 4.79 Å². The number of allylic oxidation sites excluding steroid dienone is 1. The van der Waals surface area contributed by atoms with Crippen LogP contribution in [-0.2, 0) is 23.4 Å². The first-order valence-corrected chi connectivity index (χ1v) is 13.3. The zero-order chi connectivity index (χ0) is 28.4. The lowest BCUT2D eigenvalue weighted by Crippen LogP contribution is -2.43. The van der Waals surface area contributed by atoms with E-state index in [9.17, 15) is 9.90 Å². The van der Waals surface area contributed by atoms with Crippen LogP contribution >= 0.6 is 11.6 Å². The SMILES string of the molecule is C=CCc1cc(/C=N\NC(=O)C(O)(c2ccccc2)c2ccccc2)cc(OCC)c1OCc1ccccc1Cl. The van der Waals surface area contributed by atoms with Crippen molar-refractivity contribution in [2.24, 2.45) is 5.10 Å². The van der Waals surface area contributed by atoms with E-state index in [1.54, 1.807) is 60.7 Å². The van der Waals surface area contributed by atoms with Crippen molar-refractivity contribution in [1.82, 2.24) is 5.43 Å². The Labute approximate surface area is 239 Å². The number of benzene rings is 4. The summed E-state index contributed by atoms with van der Waals surface area (Å²) >= 11 is 6.31. The summed E-state index contributed by atoms with van der Waals surface area (Å²) < 4.78 is 12.1. The number of rotatable bonds is 12. The molecule has 0 aliphatic rings. The average Bonchev–Trinajstić information content (AvgIpc) is 2.98. The minimum Gasteiger partial charge on any atom is -0.490 e. The van der Waals surface area contributed by atoms with Gasteiger partial charge in [-0.25, -0.2) is 5.43 Å². The van der Waals surface area contributed by atoms with Crippen molar-refractivity contribution in [3.05, 3.63) is 143 Å². The molecule has 0 saturated heterocycles. The Balaban J connectivity index is 1.60. The lowest BCUT2D eigenvalue weighted by atomic mass is 9.85. The van der Waals surface area contributed by atoms with Gasteiger partial charge in [0.25, 0.3) is 5.91 Å². The number of ether oxygens (including phenoxy) is 2. The summed E-state index contributed by atoms with van der Waals surface area (Å²) in [5, 5.41) is 16.4. The van der Waals surface area contributed by atoms with E-state index in [-0.39, 0.29) is 6.61 Å². The smallest absolute Gasteiger partial charge is 0.281 e. The quantitative estimate of drug-likeness (QED) is 0.120. The maximum atomic E-state index is 13.4. The van der Waals surface area contributed by atoms with Crippen LogP contribution in [0.15, 0.2) is 115 Å². The molecule has 0 spiro atoms. The minimum atomic E-state index is -1.93. The van der Waals surface area contributed by atoms with Crippen LogP contribution in [0.2, 0.25) is 5.02 Å². The van der Waals surface area contributed by atoms with Gasteiger partial charge >= 0.3 is 0 Å². The van der Waals surface area contributed by atoms with Crippen molar-refractivity contribution in [3.63, 3.8) is 0 Å². The fraction of sp³-hybridized carbons (Fsp3) is 0.152. The highest BCUT2D eigenvalue weighted by molar-refractivity contribution is 6.31. The first kappa shape index (κ1) is 28.6. The Morgan fingerprint density at radius 1 is 0.950 bits per heavy atom. The topological polar surface area (TPSA) is 80.2 Å². The van der Waals surface area contributed by atoms with Crippen LogP contribution in [0.3, 0.4) is 0 Å². The van der Waals surface area contributed by atoms with E-state index in [1.165, 1.54) is 6.21 Å². The highest BCUT2D eigenvalue weighted by Gasteiger charge is 2.39. The summed E-state index contributed by atoms with van der Waals surface area (Å²) in [5.74, 6) is 0.439. The Morgan fingerprint density at radius 3 is 2.17 bits per heavy atom. The molecule has 4 aromatic carbocycles. The van der Waals surface area contributed by atoms with Crippen LogP contribution in [0, 0.1) is 0 Å². The maximum Gasteiger partial charge on any atom is 0.281 e. The van der Waals surface area contributed by atoms with E-state index in [2.05, 4.69) is 17.1 Å². The molecule has 1 amide bonds. The molecule has 4 rings (SSSR count). The number of hydrazone groups is 1. The predicted molar refractivity (Wildman–Crippen MR) is 159 cm³/mol.